The van der Waals surface area contributed by atoms with Gasteiger partial charge in [0.1, 0.15) is 24.4 Å². The molecule has 196 valence electrons. The molecule has 0 radical (unpaired) electrons. The normalized spacial score (nSPS) is 10.8. The Bertz CT molecular complexity index is 1400. The van der Waals surface area contributed by atoms with Crippen LogP contribution in [0.25, 0.3) is 33.4 Å². The van der Waals surface area contributed by atoms with E-state index in [1.54, 1.807) is 0 Å². The van der Waals surface area contributed by atoms with Crippen molar-refractivity contribution in [3.63, 3.8) is 0 Å². The maximum Gasteiger partial charge on any atom is 0.338 e. The predicted octanol–water partition coefficient (Wildman–Crippen LogP) is 3.43. The molecule has 0 aromatic heterocycles. The fourth-order valence-corrected chi connectivity index (χ4v) is 4.88. The number of nitrogens with zero attached hydrogens (tertiary/aromatic N) is 2. The largest absolute Gasteiger partial charge is 1.00 e. The van der Waals surface area contributed by atoms with E-state index < -0.39 is 0 Å². The number of ether oxygens (including phenoxy) is 1. The van der Waals surface area contributed by atoms with E-state index in [1.165, 1.54) is 0 Å². The first kappa shape index (κ1) is 28.3. The van der Waals surface area contributed by atoms with Gasteiger partial charge in [0.25, 0.3) is 0 Å². The van der Waals surface area contributed by atoms with Crippen molar-refractivity contribution >= 4 is 22.6 Å². The number of halogens is 1. The Hall–Kier alpha value is -3.31. The van der Waals surface area contributed by atoms with Crippen LogP contribution in [0, 0.1) is 0 Å². The number of carbonyl (C=O) groups is 1. The average molecular weight is 521 g/mol. The van der Waals surface area contributed by atoms with E-state index >= 15 is 0 Å². The second kappa shape index (κ2) is 12.8. The van der Waals surface area contributed by atoms with E-state index in [2.05, 4.69) is 73.6 Å². The van der Waals surface area contributed by atoms with E-state index in [1.807, 2.05) is 31.2 Å². The third-order valence-electron chi connectivity index (χ3n) is 6.80. The van der Waals surface area contributed by atoms with Crippen LogP contribution in [0.15, 0.2) is 65.1 Å². The zero-order chi connectivity index (χ0) is 25.7. The predicted molar refractivity (Wildman–Crippen MR) is 149 cm³/mol. The minimum Gasteiger partial charge on any atom is -1.00 e. The van der Waals surface area contributed by atoms with Gasteiger partial charge in [0.05, 0.1) is 18.2 Å². The van der Waals surface area contributed by atoms with Crippen molar-refractivity contribution in [3.8, 4) is 22.5 Å². The lowest BCUT2D eigenvalue weighted by Crippen LogP contribution is -3.00. The number of fused-ring (bicyclic) bond motifs is 2. The van der Waals surface area contributed by atoms with Gasteiger partial charge in [0.15, 0.2) is 0 Å². The Morgan fingerprint density at radius 2 is 1.62 bits per heavy atom. The monoisotopic (exact) mass is 520 g/mol. The topological polar surface area (TPSA) is 45.7 Å². The number of esters is 1. The van der Waals surface area contributed by atoms with Gasteiger partial charge in [-0.2, -0.15) is 0 Å². The molecular formula is C31H37ClN2O3. The molecular weight excluding hydrogens is 484 g/mol. The summed E-state index contributed by atoms with van der Waals surface area (Å²) in [6.07, 6.45) is 0.784. The smallest absolute Gasteiger partial charge is 0.338 e. The molecule has 0 N–H and O–H groups in total. The molecule has 4 rings (SSSR count). The molecule has 2 aromatic carbocycles. The molecule has 0 saturated carbocycles. The van der Waals surface area contributed by atoms with Gasteiger partial charge >= 0.3 is 5.97 Å². The summed E-state index contributed by atoms with van der Waals surface area (Å²) < 4.78 is 14.4. The molecule has 2 aromatic rings. The number of hydrogen-bond donors (Lipinski definition) is 0. The van der Waals surface area contributed by atoms with Gasteiger partial charge < -0.3 is 26.5 Å². The van der Waals surface area contributed by atoms with Crippen LogP contribution >= 0.6 is 0 Å². The first-order chi connectivity index (χ1) is 17.6. The van der Waals surface area contributed by atoms with Crippen molar-refractivity contribution in [1.29, 1.82) is 0 Å². The first-order valence-corrected chi connectivity index (χ1v) is 13.2. The lowest BCUT2D eigenvalue weighted by atomic mass is 9.90. The van der Waals surface area contributed by atoms with Crippen molar-refractivity contribution in [2.24, 2.45) is 0 Å². The summed E-state index contributed by atoms with van der Waals surface area (Å²) in [5, 5.41) is 2.10. The van der Waals surface area contributed by atoms with E-state index in [4.69, 9.17) is 9.15 Å². The van der Waals surface area contributed by atoms with Crippen molar-refractivity contribution in [2.45, 2.75) is 41.0 Å². The van der Waals surface area contributed by atoms with Gasteiger partial charge in [-0.25, -0.2) is 9.37 Å². The van der Waals surface area contributed by atoms with Crippen molar-refractivity contribution in [1.82, 2.24) is 4.58 Å². The van der Waals surface area contributed by atoms with E-state index in [9.17, 15) is 4.79 Å². The van der Waals surface area contributed by atoms with Crippen LogP contribution < -0.4 is 27.2 Å². The van der Waals surface area contributed by atoms with Gasteiger partial charge in [0, 0.05) is 47.4 Å². The molecule has 6 heteroatoms. The van der Waals surface area contributed by atoms with Crippen LogP contribution in [-0.4, -0.2) is 38.8 Å². The molecule has 0 fully saturated rings. The lowest BCUT2D eigenvalue weighted by Gasteiger charge is -2.22. The van der Waals surface area contributed by atoms with Gasteiger partial charge in [0.2, 0.25) is 5.36 Å². The molecule has 0 bridgehead atoms. The lowest BCUT2D eigenvalue weighted by molar-refractivity contribution is -0.0000258. The van der Waals surface area contributed by atoms with Gasteiger partial charge in [-0.15, -0.1) is 0 Å². The third kappa shape index (κ3) is 5.67. The first-order valence-electron chi connectivity index (χ1n) is 13.2. The molecule has 0 amide bonds. The molecule has 0 atom stereocenters. The molecule has 1 heterocycles. The highest BCUT2D eigenvalue weighted by Gasteiger charge is 2.23. The van der Waals surface area contributed by atoms with E-state index in [0.29, 0.717) is 12.2 Å². The summed E-state index contributed by atoms with van der Waals surface area (Å²) in [6, 6.07) is 20.5. The Kier molecular flexibility index (Phi) is 9.76. The van der Waals surface area contributed by atoms with Gasteiger partial charge in [-0.3, -0.25) is 0 Å². The summed E-state index contributed by atoms with van der Waals surface area (Å²) in [6.45, 7) is 14.7. The Labute approximate surface area is 226 Å². The molecule has 0 spiro atoms. The van der Waals surface area contributed by atoms with Crippen molar-refractivity contribution in [3.05, 3.63) is 71.6 Å². The molecule has 1 aliphatic carbocycles. The van der Waals surface area contributed by atoms with Crippen LogP contribution in [-0.2, 0) is 4.74 Å². The highest BCUT2D eigenvalue weighted by atomic mass is 35.5. The maximum atomic E-state index is 13.1. The molecule has 0 saturated heterocycles. The summed E-state index contributed by atoms with van der Waals surface area (Å²) in [4.78, 5) is 15.4. The van der Waals surface area contributed by atoms with Gasteiger partial charge in [-0.1, -0.05) is 25.1 Å². The Balaban J connectivity index is 0.00000380. The van der Waals surface area contributed by atoms with Crippen LogP contribution in [0.5, 0.6) is 0 Å². The number of benzene rings is 3. The van der Waals surface area contributed by atoms with Crippen molar-refractivity contribution < 1.29 is 26.4 Å². The SMILES string of the molecule is CCCOC(=O)c1ccccc1-c1c2ccc(=[N+](CC)CC)cc-2oc2cc(N(CC)CC)ccc12.[Cl-]. The zero-order valence-corrected chi connectivity index (χ0v) is 23.3. The van der Waals surface area contributed by atoms with Crippen LogP contribution in [0.1, 0.15) is 51.4 Å². The van der Waals surface area contributed by atoms with Crippen LogP contribution in [0.4, 0.5) is 5.69 Å². The highest BCUT2D eigenvalue weighted by molar-refractivity contribution is 6.08. The molecule has 2 aliphatic rings. The average Bonchev–Trinajstić information content (AvgIpc) is 2.91. The number of hydrogen-bond acceptors (Lipinski definition) is 4. The van der Waals surface area contributed by atoms with Crippen LogP contribution in [0.3, 0.4) is 0 Å². The number of rotatable bonds is 9. The van der Waals surface area contributed by atoms with Crippen LogP contribution in [0.2, 0.25) is 0 Å². The molecule has 0 unspecified atom stereocenters. The molecule has 37 heavy (non-hydrogen) atoms. The Morgan fingerprint density at radius 1 is 0.892 bits per heavy atom. The van der Waals surface area contributed by atoms with Gasteiger partial charge in [-0.05, 0) is 63.9 Å². The summed E-state index contributed by atoms with van der Waals surface area (Å²) >= 11 is 0. The summed E-state index contributed by atoms with van der Waals surface area (Å²) in [7, 11) is 0. The maximum absolute atomic E-state index is 13.1. The molecule has 1 aliphatic heterocycles. The number of anilines is 1. The zero-order valence-electron chi connectivity index (χ0n) is 22.5. The Morgan fingerprint density at radius 3 is 2.30 bits per heavy atom. The third-order valence-corrected chi connectivity index (χ3v) is 6.80. The highest BCUT2D eigenvalue weighted by Crippen LogP contribution is 2.42. The number of carbonyl (C=O) groups excluding carboxylic acids is 1. The quantitative estimate of drug-likeness (QED) is 0.193. The van der Waals surface area contributed by atoms with Crippen molar-refractivity contribution in [2.75, 3.05) is 37.7 Å². The van der Waals surface area contributed by atoms with E-state index in [-0.39, 0.29) is 18.4 Å². The summed E-state index contributed by atoms with van der Waals surface area (Å²) in [5.74, 6) is 0.504. The second-order valence-corrected chi connectivity index (χ2v) is 8.86. The minimum absolute atomic E-state index is 0. The standard InChI is InChI=1S/C31H37N2O3.ClH/c1-6-19-35-31(34)25-14-12-11-13-24(25)30-26-17-15-22(32(7-2)8-3)20-28(26)36-29-21-23(16-18-27(29)30)33(9-4)10-5;/h11-18,20-21H,6-10,19H2,1-5H3;1H/q+1;/p-1. The van der Waals surface area contributed by atoms with E-state index in [0.717, 1.165) is 77.1 Å². The second-order valence-electron chi connectivity index (χ2n) is 8.86. The summed E-state index contributed by atoms with van der Waals surface area (Å²) in [5.41, 5.74) is 5.32. The minimum atomic E-state index is -0.297. The fourth-order valence-electron chi connectivity index (χ4n) is 4.88. The molecule has 5 nitrogen and oxygen atoms in total. The fraction of sp³-hybridized carbons (Fsp3) is 0.355.